The Kier molecular flexibility index (Phi) is 8.63. The molecule has 0 radical (unpaired) electrons. The summed E-state index contributed by atoms with van der Waals surface area (Å²) in [6, 6.07) is 21.3. The Morgan fingerprint density at radius 3 is 1.92 bits per heavy atom. The van der Waals surface area contributed by atoms with Crippen molar-refractivity contribution >= 4 is 11.9 Å². The van der Waals surface area contributed by atoms with Gasteiger partial charge < -0.3 is 5.73 Å². The molecule has 0 saturated heterocycles. The van der Waals surface area contributed by atoms with Crippen LogP contribution in [0.5, 0.6) is 0 Å². The molecule has 0 spiro atoms. The van der Waals surface area contributed by atoms with Gasteiger partial charge in [0.15, 0.2) is 5.96 Å². The highest BCUT2D eigenvalue weighted by Crippen LogP contribution is 2.41. The summed E-state index contributed by atoms with van der Waals surface area (Å²) in [6.45, 7) is 0.610. The maximum Gasteiger partial charge on any atom is 0.257 e. The standard InChI is InChI=1S/C33H45N3O/c34-32-35-33(25-27-15-7-2-8-16-27,23-21-26-13-5-1-6-14-26)31(37)36(32)24-22-30(28-17-9-3-10-18-28)29-19-11-4-12-20-29/h3-4,9-12,17-20,26-27,30H,1-2,5-8,13-16,21-25H2,(H2,34,35)/t33-/m1/s1. The van der Waals surface area contributed by atoms with E-state index in [0.717, 1.165) is 31.6 Å². The second kappa shape index (κ2) is 12.3. The lowest BCUT2D eigenvalue weighted by molar-refractivity contribution is -0.132. The molecule has 5 rings (SSSR count). The van der Waals surface area contributed by atoms with Gasteiger partial charge in [0.1, 0.15) is 5.54 Å². The van der Waals surface area contributed by atoms with E-state index in [1.54, 1.807) is 0 Å². The number of nitrogens with two attached hydrogens (primary N) is 1. The van der Waals surface area contributed by atoms with Crippen molar-refractivity contribution in [2.75, 3.05) is 6.54 Å². The molecule has 1 atom stereocenters. The first-order valence-corrected chi connectivity index (χ1v) is 14.9. The number of hydrogen-bond acceptors (Lipinski definition) is 3. The van der Waals surface area contributed by atoms with Gasteiger partial charge in [0, 0.05) is 12.5 Å². The summed E-state index contributed by atoms with van der Waals surface area (Å²) in [5.41, 5.74) is 8.50. The van der Waals surface area contributed by atoms with Crippen LogP contribution >= 0.6 is 0 Å². The zero-order valence-electron chi connectivity index (χ0n) is 22.5. The van der Waals surface area contributed by atoms with E-state index < -0.39 is 5.54 Å². The summed E-state index contributed by atoms with van der Waals surface area (Å²) < 4.78 is 0. The molecule has 1 heterocycles. The van der Waals surface area contributed by atoms with E-state index in [1.807, 2.05) is 4.90 Å². The monoisotopic (exact) mass is 499 g/mol. The molecule has 2 aromatic rings. The molecule has 2 aromatic carbocycles. The third-order valence-electron chi connectivity index (χ3n) is 9.34. The fourth-order valence-electron chi connectivity index (χ4n) is 7.24. The van der Waals surface area contributed by atoms with Crippen LogP contribution in [0.4, 0.5) is 0 Å². The van der Waals surface area contributed by atoms with Crippen LogP contribution in [0.15, 0.2) is 65.7 Å². The first kappa shape index (κ1) is 26.0. The summed E-state index contributed by atoms with van der Waals surface area (Å²) in [7, 11) is 0. The van der Waals surface area contributed by atoms with Crippen LogP contribution in [0, 0.1) is 11.8 Å². The van der Waals surface area contributed by atoms with Crippen molar-refractivity contribution in [3.05, 3.63) is 71.8 Å². The smallest absolute Gasteiger partial charge is 0.257 e. The maximum atomic E-state index is 14.2. The SMILES string of the molecule is NC1=N[C@](CCC2CCCCC2)(CC2CCCCC2)C(=O)N1CCC(c1ccccc1)c1ccccc1. The van der Waals surface area contributed by atoms with Crippen molar-refractivity contribution in [3.8, 4) is 0 Å². The molecule has 0 unspecified atom stereocenters. The van der Waals surface area contributed by atoms with Crippen molar-refractivity contribution in [2.24, 2.45) is 22.6 Å². The van der Waals surface area contributed by atoms with Gasteiger partial charge in [0.2, 0.25) is 0 Å². The Morgan fingerprint density at radius 1 is 0.811 bits per heavy atom. The van der Waals surface area contributed by atoms with Gasteiger partial charge in [0.05, 0.1) is 0 Å². The minimum Gasteiger partial charge on any atom is -0.369 e. The number of nitrogens with zero attached hydrogens (tertiary/aromatic N) is 2. The lowest BCUT2D eigenvalue weighted by atomic mass is 9.75. The van der Waals surface area contributed by atoms with E-state index in [0.29, 0.717) is 18.4 Å². The molecular weight excluding hydrogens is 454 g/mol. The lowest BCUT2D eigenvalue weighted by Crippen LogP contribution is -2.46. The van der Waals surface area contributed by atoms with E-state index in [4.69, 9.17) is 10.7 Å². The lowest BCUT2D eigenvalue weighted by Gasteiger charge is -2.33. The van der Waals surface area contributed by atoms with Gasteiger partial charge >= 0.3 is 0 Å². The van der Waals surface area contributed by atoms with Crippen molar-refractivity contribution in [3.63, 3.8) is 0 Å². The summed E-state index contributed by atoms with van der Waals surface area (Å²) in [6.07, 6.45) is 16.7. The van der Waals surface area contributed by atoms with Crippen LogP contribution in [-0.4, -0.2) is 28.9 Å². The number of rotatable bonds is 10. The van der Waals surface area contributed by atoms with Gasteiger partial charge in [-0.1, -0.05) is 125 Å². The largest absolute Gasteiger partial charge is 0.369 e. The highest BCUT2D eigenvalue weighted by Gasteiger charge is 2.48. The number of carbonyl (C=O) groups excluding carboxylic acids is 1. The molecular formula is C33H45N3O. The summed E-state index contributed by atoms with van der Waals surface area (Å²) in [5.74, 6) is 2.19. The molecule has 4 heteroatoms. The number of aliphatic imine (C=N–C) groups is 1. The Morgan fingerprint density at radius 2 is 1.35 bits per heavy atom. The predicted molar refractivity (Wildman–Crippen MR) is 152 cm³/mol. The Balaban J connectivity index is 1.33. The fraction of sp³-hybridized carbons (Fsp3) is 0.576. The fourth-order valence-corrected chi connectivity index (χ4v) is 7.24. The average Bonchev–Trinajstić information content (AvgIpc) is 3.18. The first-order valence-electron chi connectivity index (χ1n) is 14.9. The Bertz CT molecular complexity index is 985. The Hall–Kier alpha value is -2.62. The molecule has 3 aliphatic rings. The number of amides is 1. The van der Waals surface area contributed by atoms with Gasteiger partial charge in [-0.15, -0.1) is 0 Å². The molecule has 1 amide bonds. The normalized spacial score (nSPS) is 23.5. The molecule has 2 N–H and O–H groups in total. The summed E-state index contributed by atoms with van der Waals surface area (Å²) in [5, 5.41) is 0. The number of guanidine groups is 1. The second-order valence-electron chi connectivity index (χ2n) is 11.9. The van der Waals surface area contributed by atoms with Crippen LogP contribution in [0.2, 0.25) is 0 Å². The molecule has 0 bridgehead atoms. The molecule has 2 fully saturated rings. The molecule has 2 saturated carbocycles. The van der Waals surface area contributed by atoms with Gasteiger partial charge in [0.25, 0.3) is 5.91 Å². The van der Waals surface area contributed by atoms with E-state index in [1.165, 1.54) is 75.3 Å². The Labute approximate surface area is 223 Å². The van der Waals surface area contributed by atoms with E-state index in [-0.39, 0.29) is 11.8 Å². The highest BCUT2D eigenvalue weighted by molar-refractivity contribution is 6.06. The van der Waals surface area contributed by atoms with Crippen molar-refractivity contribution in [1.82, 2.24) is 4.90 Å². The van der Waals surface area contributed by atoms with Crippen molar-refractivity contribution in [1.29, 1.82) is 0 Å². The topological polar surface area (TPSA) is 58.7 Å². The number of benzene rings is 2. The highest BCUT2D eigenvalue weighted by atomic mass is 16.2. The van der Waals surface area contributed by atoms with E-state index in [2.05, 4.69) is 60.7 Å². The van der Waals surface area contributed by atoms with Gasteiger partial charge in [-0.3, -0.25) is 9.69 Å². The first-order chi connectivity index (χ1) is 18.1. The van der Waals surface area contributed by atoms with Crippen molar-refractivity contribution in [2.45, 2.75) is 101 Å². The molecule has 37 heavy (non-hydrogen) atoms. The number of carbonyl (C=O) groups is 1. The van der Waals surface area contributed by atoms with E-state index >= 15 is 0 Å². The molecule has 4 nitrogen and oxygen atoms in total. The van der Waals surface area contributed by atoms with Gasteiger partial charge in [-0.05, 0) is 48.6 Å². The third kappa shape index (κ3) is 6.27. The predicted octanol–water partition coefficient (Wildman–Crippen LogP) is 7.44. The van der Waals surface area contributed by atoms with Crippen LogP contribution in [0.1, 0.15) is 107 Å². The van der Waals surface area contributed by atoms with Crippen LogP contribution in [0.25, 0.3) is 0 Å². The van der Waals surface area contributed by atoms with Crippen LogP contribution < -0.4 is 5.73 Å². The van der Waals surface area contributed by atoms with Crippen LogP contribution in [0.3, 0.4) is 0 Å². The van der Waals surface area contributed by atoms with Gasteiger partial charge in [-0.2, -0.15) is 0 Å². The van der Waals surface area contributed by atoms with E-state index in [9.17, 15) is 4.79 Å². The minimum absolute atomic E-state index is 0.172. The second-order valence-corrected chi connectivity index (χ2v) is 11.9. The summed E-state index contributed by atoms with van der Waals surface area (Å²) >= 11 is 0. The maximum absolute atomic E-state index is 14.2. The molecule has 1 aliphatic heterocycles. The zero-order chi connectivity index (χ0) is 25.5. The third-order valence-corrected chi connectivity index (χ3v) is 9.34. The number of hydrogen-bond donors (Lipinski definition) is 1. The molecule has 198 valence electrons. The molecule has 0 aromatic heterocycles. The average molecular weight is 500 g/mol. The minimum atomic E-state index is -0.640. The quantitative estimate of drug-likeness (QED) is 0.369. The van der Waals surface area contributed by atoms with Crippen LogP contribution in [-0.2, 0) is 4.79 Å². The van der Waals surface area contributed by atoms with Crippen molar-refractivity contribution < 1.29 is 4.79 Å². The van der Waals surface area contributed by atoms with Gasteiger partial charge in [-0.25, -0.2) is 4.99 Å². The zero-order valence-corrected chi connectivity index (χ0v) is 22.5. The molecule has 2 aliphatic carbocycles. The summed E-state index contributed by atoms with van der Waals surface area (Å²) in [4.78, 5) is 21.1.